The van der Waals surface area contributed by atoms with Gasteiger partial charge in [-0.3, -0.25) is 4.90 Å². The Hall–Kier alpha value is -2.20. The smallest absolute Gasteiger partial charge is 0.143 e. The fourth-order valence-electron chi connectivity index (χ4n) is 3.75. The number of hydrogen-bond acceptors (Lipinski definition) is 3. The predicted molar refractivity (Wildman–Crippen MR) is 96.8 cm³/mol. The summed E-state index contributed by atoms with van der Waals surface area (Å²) >= 11 is 0. The summed E-state index contributed by atoms with van der Waals surface area (Å²) in [7, 11) is 0. The van der Waals surface area contributed by atoms with Gasteiger partial charge in [0.1, 0.15) is 11.5 Å². The number of hydrogen-bond donors (Lipinski definition) is 0. The van der Waals surface area contributed by atoms with Crippen LogP contribution >= 0.6 is 0 Å². The molecule has 0 amide bonds. The van der Waals surface area contributed by atoms with Crippen molar-refractivity contribution in [1.29, 1.82) is 0 Å². The fraction of sp³-hybridized carbons (Fsp3) is 0.400. The third-order valence-electron chi connectivity index (χ3n) is 5.18. The third kappa shape index (κ3) is 2.94. The Balaban J connectivity index is 1.60. The van der Waals surface area contributed by atoms with Gasteiger partial charge in [-0.15, -0.1) is 0 Å². The van der Waals surface area contributed by atoms with Gasteiger partial charge in [0.05, 0.1) is 6.04 Å². The van der Waals surface area contributed by atoms with Gasteiger partial charge in [-0.25, -0.2) is 9.97 Å². The number of piperidine rings is 1. The molecule has 124 valence electrons. The number of aryl methyl sites for hydroxylation is 1. The topological polar surface area (TPSA) is 34.0 Å². The zero-order valence-corrected chi connectivity index (χ0v) is 14.4. The van der Waals surface area contributed by atoms with Crippen LogP contribution in [0.5, 0.6) is 0 Å². The molecule has 1 aliphatic rings. The average molecular weight is 320 g/mol. The predicted octanol–water partition coefficient (Wildman–Crippen LogP) is 3.82. The van der Waals surface area contributed by atoms with E-state index in [2.05, 4.69) is 69.0 Å². The van der Waals surface area contributed by atoms with Gasteiger partial charge >= 0.3 is 0 Å². The summed E-state index contributed by atoms with van der Waals surface area (Å²) in [6, 6.07) is 13.4. The molecule has 4 heteroatoms. The van der Waals surface area contributed by atoms with Crippen LogP contribution in [0.1, 0.15) is 30.8 Å². The van der Waals surface area contributed by atoms with Gasteiger partial charge in [-0.05, 0) is 37.4 Å². The van der Waals surface area contributed by atoms with Gasteiger partial charge in [-0.1, -0.05) is 37.3 Å². The molecule has 0 spiro atoms. The summed E-state index contributed by atoms with van der Waals surface area (Å²) in [5, 5.41) is 1.13. The van der Waals surface area contributed by atoms with E-state index in [9.17, 15) is 0 Å². The van der Waals surface area contributed by atoms with Crippen molar-refractivity contribution in [3.63, 3.8) is 0 Å². The summed E-state index contributed by atoms with van der Waals surface area (Å²) in [5.41, 5.74) is 2.46. The Morgan fingerprint density at radius 1 is 1.17 bits per heavy atom. The molecule has 0 aliphatic carbocycles. The van der Waals surface area contributed by atoms with Crippen molar-refractivity contribution in [1.82, 2.24) is 19.4 Å². The minimum absolute atomic E-state index is 0.467. The molecule has 1 aromatic carbocycles. The Bertz CT molecular complexity index is 824. The van der Waals surface area contributed by atoms with Gasteiger partial charge in [0.25, 0.3) is 0 Å². The molecule has 2 atom stereocenters. The van der Waals surface area contributed by atoms with E-state index in [1.54, 1.807) is 0 Å². The molecule has 1 saturated heterocycles. The first-order valence-electron chi connectivity index (χ1n) is 8.77. The van der Waals surface area contributed by atoms with E-state index < -0.39 is 0 Å². The SMILES string of the molecule is Cc1ncc2ccn(C3CN(Cc4ccccc4)CCC3C)c2n1. The van der Waals surface area contributed by atoms with Crippen molar-refractivity contribution < 1.29 is 0 Å². The van der Waals surface area contributed by atoms with E-state index in [1.165, 1.54) is 18.5 Å². The quantitative estimate of drug-likeness (QED) is 0.735. The Kier molecular flexibility index (Phi) is 4.07. The van der Waals surface area contributed by atoms with Gasteiger partial charge < -0.3 is 4.57 Å². The highest BCUT2D eigenvalue weighted by atomic mass is 15.2. The third-order valence-corrected chi connectivity index (χ3v) is 5.18. The average Bonchev–Trinajstić information content (AvgIpc) is 3.00. The van der Waals surface area contributed by atoms with E-state index in [-0.39, 0.29) is 0 Å². The normalized spacial score (nSPS) is 22.1. The number of nitrogens with zero attached hydrogens (tertiary/aromatic N) is 4. The zero-order valence-electron chi connectivity index (χ0n) is 14.4. The maximum atomic E-state index is 4.69. The Morgan fingerprint density at radius 3 is 2.83 bits per heavy atom. The lowest BCUT2D eigenvalue weighted by Gasteiger charge is -2.38. The largest absolute Gasteiger partial charge is 0.328 e. The molecule has 3 heterocycles. The van der Waals surface area contributed by atoms with Crippen molar-refractivity contribution in [2.45, 2.75) is 32.9 Å². The van der Waals surface area contributed by atoms with Crippen LogP contribution in [0.4, 0.5) is 0 Å². The van der Waals surface area contributed by atoms with Crippen LogP contribution in [0.2, 0.25) is 0 Å². The molecule has 2 unspecified atom stereocenters. The number of fused-ring (bicyclic) bond motifs is 1. The van der Waals surface area contributed by atoms with Crippen molar-refractivity contribution >= 4 is 11.0 Å². The molecule has 0 radical (unpaired) electrons. The molecular weight excluding hydrogens is 296 g/mol. The van der Waals surface area contributed by atoms with Crippen molar-refractivity contribution in [3.8, 4) is 0 Å². The highest BCUT2D eigenvalue weighted by molar-refractivity contribution is 5.75. The minimum atomic E-state index is 0.467. The van der Waals surface area contributed by atoms with Crippen molar-refractivity contribution in [3.05, 3.63) is 60.2 Å². The molecule has 1 aliphatic heterocycles. The van der Waals surface area contributed by atoms with Crippen LogP contribution in [0.3, 0.4) is 0 Å². The van der Waals surface area contributed by atoms with E-state index >= 15 is 0 Å². The summed E-state index contributed by atoms with van der Waals surface area (Å²) in [4.78, 5) is 11.6. The molecule has 4 rings (SSSR count). The molecule has 3 aromatic rings. The van der Waals surface area contributed by atoms with Crippen molar-refractivity contribution in [2.24, 2.45) is 5.92 Å². The molecule has 0 bridgehead atoms. The number of rotatable bonds is 3. The molecule has 0 saturated carbocycles. The first-order chi connectivity index (χ1) is 11.7. The minimum Gasteiger partial charge on any atom is -0.328 e. The maximum Gasteiger partial charge on any atom is 0.143 e. The van der Waals surface area contributed by atoms with Crippen LogP contribution in [-0.4, -0.2) is 32.5 Å². The lowest BCUT2D eigenvalue weighted by Crippen LogP contribution is -2.40. The molecule has 4 nitrogen and oxygen atoms in total. The highest BCUT2D eigenvalue weighted by Gasteiger charge is 2.28. The lowest BCUT2D eigenvalue weighted by molar-refractivity contribution is 0.128. The Labute approximate surface area is 143 Å². The van der Waals surface area contributed by atoms with Gasteiger partial charge in [-0.2, -0.15) is 0 Å². The summed E-state index contributed by atoms with van der Waals surface area (Å²) in [6.45, 7) is 7.59. The van der Waals surface area contributed by atoms with E-state index in [4.69, 9.17) is 0 Å². The van der Waals surface area contributed by atoms with Crippen LogP contribution in [0.15, 0.2) is 48.8 Å². The maximum absolute atomic E-state index is 4.69. The molecule has 2 aromatic heterocycles. The standard InChI is InChI=1S/C20H24N4/c1-15-8-10-23(13-17-6-4-3-5-7-17)14-19(15)24-11-9-18-12-21-16(2)22-20(18)24/h3-7,9,11-12,15,19H,8,10,13-14H2,1-2H3. The second-order valence-corrected chi connectivity index (χ2v) is 6.97. The zero-order chi connectivity index (χ0) is 16.5. The van der Waals surface area contributed by atoms with E-state index in [1.807, 2.05) is 13.1 Å². The highest BCUT2D eigenvalue weighted by Crippen LogP contribution is 2.31. The Morgan fingerprint density at radius 2 is 2.00 bits per heavy atom. The van der Waals surface area contributed by atoms with Crippen LogP contribution < -0.4 is 0 Å². The number of aromatic nitrogens is 3. The van der Waals surface area contributed by atoms with E-state index in [0.717, 1.165) is 29.9 Å². The van der Waals surface area contributed by atoms with E-state index in [0.29, 0.717) is 12.0 Å². The second-order valence-electron chi connectivity index (χ2n) is 6.97. The van der Waals surface area contributed by atoms with Crippen LogP contribution in [-0.2, 0) is 6.54 Å². The summed E-state index contributed by atoms with van der Waals surface area (Å²) in [5.74, 6) is 1.50. The van der Waals surface area contributed by atoms with Gasteiger partial charge in [0.2, 0.25) is 0 Å². The van der Waals surface area contributed by atoms with Crippen molar-refractivity contribution in [2.75, 3.05) is 13.1 Å². The number of likely N-dealkylation sites (tertiary alicyclic amines) is 1. The lowest BCUT2D eigenvalue weighted by atomic mass is 9.93. The molecular formula is C20H24N4. The monoisotopic (exact) mass is 320 g/mol. The number of benzene rings is 1. The molecule has 0 N–H and O–H groups in total. The van der Waals surface area contributed by atoms with Crippen LogP contribution in [0.25, 0.3) is 11.0 Å². The van der Waals surface area contributed by atoms with Gasteiger partial charge in [0, 0.05) is 30.9 Å². The van der Waals surface area contributed by atoms with Crippen LogP contribution in [0, 0.1) is 12.8 Å². The first kappa shape index (κ1) is 15.3. The van der Waals surface area contributed by atoms with Gasteiger partial charge in [0.15, 0.2) is 0 Å². The first-order valence-corrected chi connectivity index (χ1v) is 8.77. The summed E-state index contributed by atoms with van der Waals surface area (Å²) in [6.07, 6.45) is 5.34. The fourth-order valence-corrected chi connectivity index (χ4v) is 3.75. The molecule has 24 heavy (non-hydrogen) atoms. The summed E-state index contributed by atoms with van der Waals surface area (Å²) < 4.78 is 2.37. The second kappa shape index (κ2) is 6.36. The molecule has 1 fully saturated rings.